The first-order valence-electron chi connectivity index (χ1n) is 12.1. The molecule has 1 aliphatic heterocycles. The van der Waals surface area contributed by atoms with Gasteiger partial charge in [0.1, 0.15) is 0 Å². The van der Waals surface area contributed by atoms with Crippen molar-refractivity contribution in [3.8, 4) is 0 Å². The zero-order valence-electron chi connectivity index (χ0n) is 21.6. The number of nitrogens with one attached hydrogen (secondary N) is 2. The number of allylic oxidation sites excluding steroid dienone is 1. The molecule has 4 rings (SSSR count). The fourth-order valence-electron chi connectivity index (χ4n) is 4.42. The van der Waals surface area contributed by atoms with Crippen LogP contribution in [0, 0.1) is 0 Å². The van der Waals surface area contributed by atoms with Gasteiger partial charge in [0.05, 0.1) is 30.5 Å². The maximum atomic E-state index is 13.3. The number of aromatic nitrogens is 4. The normalized spacial score (nSPS) is 15.8. The Morgan fingerprint density at radius 1 is 1.08 bits per heavy atom. The van der Waals surface area contributed by atoms with Crippen molar-refractivity contribution < 1.29 is 14.3 Å². The number of esters is 1. The summed E-state index contributed by atoms with van der Waals surface area (Å²) in [6.45, 7) is 4.36. The van der Waals surface area contributed by atoms with E-state index >= 15 is 0 Å². The minimum atomic E-state index is -0.757. The number of hydrogen-bond acceptors (Lipinski definition) is 7. The first-order valence-corrected chi connectivity index (χ1v) is 12.1. The van der Waals surface area contributed by atoms with Crippen LogP contribution in [-0.2, 0) is 30.2 Å². The number of amides is 2. The van der Waals surface area contributed by atoms with Gasteiger partial charge in [-0.2, -0.15) is 4.98 Å². The molecule has 2 aromatic heterocycles. The Bertz CT molecular complexity index is 1500. The second kappa shape index (κ2) is 10.3. The summed E-state index contributed by atoms with van der Waals surface area (Å²) < 4.78 is 9.32. The van der Waals surface area contributed by atoms with Crippen LogP contribution in [0.15, 0.2) is 51.2 Å². The predicted molar refractivity (Wildman–Crippen MR) is 138 cm³/mol. The van der Waals surface area contributed by atoms with E-state index in [2.05, 4.69) is 15.6 Å². The second-order valence-electron chi connectivity index (χ2n) is 8.76. The average molecular weight is 510 g/mol. The van der Waals surface area contributed by atoms with E-state index in [9.17, 15) is 19.2 Å². The summed E-state index contributed by atoms with van der Waals surface area (Å²) in [7, 11) is 4.49. The molecular weight excluding hydrogens is 478 g/mol. The SMILES string of the molecule is CCCNc1nc2c(c(=O)n(C)c(=O)n2C)n1CC1=C(C(=O)OCC)[C@H](c2ccccc2)NC(=O)N1C. The highest BCUT2D eigenvalue weighted by molar-refractivity contribution is 5.95. The predicted octanol–water partition coefficient (Wildman–Crippen LogP) is 1.47. The molecule has 0 unspecified atom stereocenters. The van der Waals surface area contributed by atoms with E-state index in [1.807, 2.05) is 37.3 Å². The standard InChI is InChI=1S/C25H31N7O5/c1-6-13-26-23-28-20-19(21(33)31(5)25(36)30(20)4)32(23)14-16-17(22(34)37-7-2)18(27-24(35)29(16)3)15-11-9-8-10-12-15/h8-12,18H,6-7,13-14H2,1-5H3,(H,26,28)(H,27,35)/t18-/m0/s1. The lowest BCUT2D eigenvalue weighted by atomic mass is 9.94. The lowest BCUT2D eigenvalue weighted by molar-refractivity contribution is -0.139. The Kier molecular flexibility index (Phi) is 7.18. The van der Waals surface area contributed by atoms with Crippen molar-refractivity contribution in [1.29, 1.82) is 0 Å². The van der Waals surface area contributed by atoms with Crippen molar-refractivity contribution in [1.82, 2.24) is 28.9 Å². The monoisotopic (exact) mass is 509 g/mol. The second-order valence-corrected chi connectivity index (χ2v) is 8.76. The van der Waals surface area contributed by atoms with E-state index in [0.29, 0.717) is 23.8 Å². The number of imidazole rings is 1. The molecule has 1 aliphatic rings. The molecule has 0 bridgehead atoms. The zero-order valence-corrected chi connectivity index (χ0v) is 21.6. The number of aryl methyl sites for hydroxylation is 1. The maximum Gasteiger partial charge on any atom is 0.338 e. The molecule has 0 spiro atoms. The van der Waals surface area contributed by atoms with Gasteiger partial charge >= 0.3 is 17.7 Å². The average Bonchev–Trinajstić information content (AvgIpc) is 3.26. The highest BCUT2D eigenvalue weighted by Crippen LogP contribution is 2.32. The van der Waals surface area contributed by atoms with Gasteiger partial charge < -0.3 is 15.4 Å². The third-order valence-electron chi connectivity index (χ3n) is 6.39. The fourth-order valence-corrected chi connectivity index (χ4v) is 4.42. The maximum absolute atomic E-state index is 13.3. The summed E-state index contributed by atoms with van der Waals surface area (Å²) in [6.07, 6.45) is 0.787. The molecule has 2 N–H and O–H groups in total. The topological polar surface area (TPSA) is 132 Å². The third-order valence-corrected chi connectivity index (χ3v) is 6.39. The minimum absolute atomic E-state index is 0.0443. The van der Waals surface area contributed by atoms with Crippen LogP contribution in [0.2, 0.25) is 0 Å². The van der Waals surface area contributed by atoms with Crippen molar-refractivity contribution >= 4 is 29.1 Å². The molecule has 12 heteroatoms. The molecule has 196 valence electrons. The molecule has 3 heterocycles. The van der Waals surface area contributed by atoms with Crippen LogP contribution in [0.1, 0.15) is 31.9 Å². The van der Waals surface area contributed by atoms with Gasteiger partial charge in [0, 0.05) is 27.7 Å². The number of fused-ring (bicyclic) bond motifs is 1. The molecule has 0 saturated heterocycles. The number of rotatable bonds is 8. The summed E-state index contributed by atoms with van der Waals surface area (Å²) in [6, 6.07) is 7.96. The molecule has 1 aromatic carbocycles. The van der Waals surface area contributed by atoms with Crippen LogP contribution < -0.4 is 21.9 Å². The molecule has 37 heavy (non-hydrogen) atoms. The van der Waals surface area contributed by atoms with Gasteiger partial charge in [-0.25, -0.2) is 14.4 Å². The first-order chi connectivity index (χ1) is 17.7. The van der Waals surface area contributed by atoms with Crippen molar-refractivity contribution in [3.63, 3.8) is 0 Å². The lowest BCUT2D eigenvalue weighted by Crippen LogP contribution is -2.48. The van der Waals surface area contributed by atoms with Crippen LogP contribution in [0.3, 0.4) is 0 Å². The van der Waals surface area contributed by atoms with Gasteiger partial charge in [-0.3, -0.25) is 23.4 Å². The van der Waals surface area contributed by atoms with E-state index in [1.165, 1.54) is 16.5 Å². The number of urea groups is 1. The molecule has 2 amide bonds. The largest absolute Gasteiger partial charge is 0.463 e. The molecule has 3 aromatic rings. The van der Waals surface area contributed by atoms with Crippen molar-refractivity contribution in [2.24, 2.45) is 14.1 Å². The number of nitrogens with zero attached hydrogens (tertiary/aromatic N) is 5. The number of anilines is 1. The van der Waals surface area contributed by atoms with Gasteiger partial charge in [-0.05, 0) is 18.9 Å². The smallest absolute Gasteiger partial charge is 0.338 e. The number of hydrogen-bond donors (Lipinski definition) is 2. The Hall–Kier alpha value is -4.35. The Morgan fingerprint density at radius 2 is 1.78 bits per heavy atom. The number of ether oxygens (including phenoxy) is 1. The van der Waals surface area contributed by atoms with Crippen LogP contribution >= 0.6 is 0 Å². The molecule has 12 nitrogen and oxygen atoms in total. The zero-order chi connectivity index (χ0) is 26.9. The van der Waals surface area contributed by atoms with E-state index < -0.39 is 29.3 Å². The molecular formula is C25H31N7O5. The van der Waals surface area contributed by atoms with Crippen LogP contribution in [0.25, 0.3) is 11.2 Å². The lowest BCUT2D eigenvalue weighted by Gasteiger charge is -2.35. The Labute approximate surface area is 213 Å². The molecule has 1 atom stereocenters. The van der Waals surface area contributed by atoms with Gasteiger partial charge in [-0.1, -0.05) is 37.3 Å². The third kappa shape index (κ3) is 4.50. The van der Waals surface area contributed by atoms with Gasteiger partial charge in [0.25, 0.3) is 5.56 Å². The molecule has 0 saturated carbocycles. The van der Waals surface area contributed by atoms with Crippen LogP contribution in [-0.4, -0.2) is 55.8 Å². The minimum Gasteiger partial charge on any atom is -0.463 e. The summed E-state index contributed by atoms with van der Waals surface area (Å²) in [5.74, 6) is -0.229. The summed E-state index contributed by atoms with van der Waals surface area (Å²) >= 11 is 0. The van der Waals surface area contributed by atoms with Crippen LogP contribution in [0.4, 0.5) is 10.7 Å². The number of carbonyl (C=O) groups excluding carboxylic acids is 2. The van der Waals surface area contributed by atoms with Gasteiger partial charge in [0.2, 0.25) is 5.95 Å². The summed E-state index contributed by atoms with van der Waals surface area (Å²) in [4.78, 5) is 58.1. The van der Waals surface area contributed by atoms with Crippen molar-refractivity contribution in [2.75, 3.05) is 25.5 Å². The van der Waals surface area contributed by atoms with Crippen molar-refractivity contribution in [3.05, 3.63) is 68.0 Å². The molecule has 0 radical (unpaired) electrons. The quantitative estimate of drug-likeness (QED) is 0.440. The summed E-state index contributed by atoms with van der Waals surface area (Å²) in [5.41, 5.74) is 0.653. The molecule has 0 aliphatic carbocycles. The Morgan fingerprint density at radius 3 is 2.43 bits per heavy atom. The number of benzene rings is 1. The Balaban J connectivity index is 2.00. The van der Waals surface area contributed by atoms with Gasteiger partial charge in [-0.15, -0.1) is 0 Å². The number of carbonyl (C=O) groups is 2. The highest BCUT2D eigenvalue weighted by Gasteiger charge is 2.37. The van der Waals surface area contributed by atoms with Gasteiger partial charge in [0.15, 0.2) is 11.2 Å². The molecule has 0 fully saturated rings. The van der Waals surface area contributed by atoms with E-state index in [-0.39, 0.29) is 29.9 Å². The summed E-state index contributed by atoms with van der Waals surface area (Å²) in [5, 5.41) is 6.09. The fraction of sp³-hybridized carbons (Fsp3) is 0.400. The van der Waals surface area contributed by atoms with E-state index in [1.54, 1.807) is 25.6 Å². The number of likely N-dealkylation sites (N-methyl/N-ethyl adjacent to an activating group) is 1. The highest BCUT2D eigenvalue weighted by atomic mass is 16.5. The van der Waals surface area contributed by atoms with E-state index in [0.717, 1.165) is 11.0 Å². The van der Waals surface area contributed by atoms with E-state index in [4.69, 9.17) is 4.74 Å². The van der Waals surface area contributed by atoms with Crippen LogP contribution in [0.5, 0.6) is 0 Å². The first kappa shape index (κ1) is 25.7. The van der Waals surface area contributed by atoms with Crippen molar-refractivity contribution in [2.45, 2.75) is 32.9 Å².